The third-order valence-electron chi connectivity index (χ3n) is 4.46. The topological polar surface area (TPSA) is 12.4 Å². The van der Waals surface area contributed by atoms with Gasteiger partial charge in [0.15, 0.2) is 0 Å². The van der Waals surface area contributed by atoms with E-state index in [9.17, 15) is 13.2 Å². The average Bonchev–Trinajstić information content (AvgIpc) is 3.24. The fourth-order valence-electron chi connectivity index (χ4n) is 3.09. The van der Waals surface area contributed by atoms with Crippen LogP contribution >= 0.6 is 23.4 Å². The van der Waals surface area contributed by atoms with E-state index in [1.165, 1.54) is 12.2 Å². The molecule has 6 heteroatoms. The molecule has 1 nitrogen and oxygen atoms in total. The third-order valence-corrected chi connectivity index (χ3v) is 5.56. The van der Waals surface area contributed by atoms with Crippen LogP contribution in [0.1, 0.15) is 49.4 Å². The highest BCUT2D eigenvalue weighted by Gasteiger charge is 2.29. The lowest BCUT2D eigenvalue weighted by Crippen LogP contribution is -1.99. The van der Waals surface area contributed by atoms with Crippen LogP contribution in [-0.4, -0.2) is 11.2 Å². The van der Waals surface area contributed by atoms with Gasteiger partial charge in [-0.15, -0.1) is 0 Å². The molecule has 1 heterocycles. The van der Waals surface area contributed by atoms with Crippen LogP contribution in [-0.2, 0) is 0 Å². The molecule has 0 saturated heterocycles. The lowest BCUT2D eigenvalue weighted by Gasteiger charge is -2.07. The van der Waals surface area contributed by atoms with Gasteiger partial charge in [-0.3, -0.25) is 4.99 Å². The molecule has 2 aromatic carbocycles. The third kappa shape index (κ3) is 7.75. The normalized spacial score (nSPS) is 16.6. The van der Waals surface area contributed by atoms with Gasteiger partial charge >= 0.3 is 5.51 Å². The van der Waals surface area contributed by atoms with E-state index >= 15 is 0 Å². The molecule has 1 atom stereocenters. The molecule has 1 aliphatic rings. The number of rotatable bonds is 6. The zero-order valence-electron chi connectivity index (χ0n) is 17.5. The lowest BCUT2D eigenvalue weighted by molar-refractivity contribution is -0.0321. The molecule has 1 unspecified atom stereocenters. The van der Waals surface area contributed by atoms with Crippen molar-refractivity contribution in [1.82, 2.24) is 0 Å². The van der Waals surface area contributed by atoms with Crippen molar-refractivity contribution in [2.24, 2.45) is 4.99 Å². The molecule has 0 amide bonds. The second kappa shape index (κ2) is 12.0. The van der Waals surface area contributed by atoms with E-state index in [4.69, 9.17) is 16.6 Å². The van der Waals surface area contributed by atoms with Crippen LogP contribution in [0.25, 0.3) is 6.08 Å². The predicted octanol–water partition coefficient (Wildman–Crippen LogP) is 9.03. The lowest BCUT2D eigenvalue weighted by atomic mass is 10.0. The Balaban J connectivity index is 0.00000166. The zero-order valence-corrected chi connectivity index (χ0v) is 19.1. The highest BCUT2D eigenvalue weighted by atomic mass is 35.5. The van der Waals surface area contributed by atoms with Gasteiger partial charge in [-0.05, 0) is 47.9 Å². The van der Waals surface area contributed by atoms with Gasteiger partial charge in [0.05, 0.1) is 6.04 Å². The van der Waals surface area contributed by atoms with E-state index in [1.807, 2.05) is 62.4 Å². The Bertz CT molecular complexity index is 959. The van der Waals surface area contributed by atoms with Gasteiger partial charge in [-0.1, -0.05) is 92.7 Å². The maximum atomic E-state index is 12.4. The van der Waals surface area contributed by atoms with Crippen molar-refractivity contribution >= 4 is 35.2 Å². The molecule has 3 rings (SSSR count). The van der Waals surface area contributed by atoms with E-state index in [2.05, 4.69) is 6.58 Å². The van der Waals surface area contributed by atoms with Crippen LogP contribution in [0.4, 0.5) is 13.2 Å². The number of hydrogen-bond acceptors (Lipinski definition) is 2. The molecule has 0 radical (unpaired) electrons. The summed E-state index contributed by atoms with van der Waals surface area (Å²) in [6.45, 7) is 7.42. The Morgan fingerprint density at radius 1 is 1.13 bits per heavy atom. The first-order chi connectivity index (χ1) is 14.9. The van der Waals surface area contributed by atoms with Crippen molar-refractivity contribution in [3.05, 3.63) is 100.0 Å². The molecule has 31 heavy (non-hydrogen) atoms. The number of alkyl halides is 3. The number of benzene rings is 2. The molecule has 164 valence electrons. The Hall–Kier alpha value is -2.24. The van der Waals surface area contributed by atoms with Crippen molar-refractivity contribution < 1.29 is 13.2 Å². The summed E-state index contributed by atoms with van der Waals surface area (Å²) in [7, 11) is 0. The number of nitrogens with zero attached hydrogens (tertiary/aromatic N) is 1. The summed E-state index contributed by atoms with van der Waals surface area (Å²) < 4.78 is 37.3. The molecule has 0 spiro atoms. The van der Waals surface area contributed by atoms with E-state index in [0.717, 1.165) is 35.2 Å². The van der Waals surface area contributed by atoms with Gasteiger partial charge in [0.1, 0.15) is 0 Å². The molecule has 0 saturated carbocycles. The van der Waals surface area contributed by atoms with Gasteiger partial charge in [-0.25, -0.2) is 0 Å². The number of allylic oxidation sites excluding steroid dienone is 3. The van der Waals surface area contributed by atoms with E-state index < -0.39 is 5.51 Å². The molecule has 0 aromatic heterocycles. The van der Waals surface area contributed by atoms with Crippen molar-refractivity contribution in [2.45, 2.75) is 38.2 Å². The van der Waals surface area contributed by atoms with Crippen LogP contribution in [0.5, 0.6) is 0 Å². The first kappa shape index (κ1) is 25.0. The number of hydrogen-bond donors (Lipinski definition) is 0. The largest absolute Gasteiger partial charge is 0.446 e. The second-order valence-electron chi connectivity index (χ2n) is 6.46. The minimum atomic E-state index is -4.32. The van der Waals surface area contributed by atoms with Crippen molar-refractivity contribution in [3.8, 4) is 0 Å². The summed E-state index contributed by atoms with van der Waals surface area (Å²) >= 11 is 6.10. The Labute approximate surface area is 191 Å². The Morgan fingerprint density at radius 2 is 1.81 bits per heavy atom. The molecule has 0 N–H and O–H groups in total. The predicted molar refractivity (Wildman–Crippen MR) is 129 cm³/mol. The van der Waals surface area contributed by atoms with Gasteiger partial charge in [0, 0.05) is 21.2 Å². The summed E-state index contributed by atoms with van der Waals surface area (Å²) in [4.78, 5) is 4.89. The maximum Gasteiger partial charge on any atom is 0.446 e. The minimum absolute atomic E-state index is 0.0535. The van der Waals surface area contributed by atoms with Crippen LogP contribution in [0, 0.1) is 0 Å². The molecule has 0 aliphatic carbocycles. The molecule has 0 fully saturated rings. The van der Waals surface area contributed by atoms with Gasteiger partial charge < -0.3 is 0 Å². The summed E-state index contributed by atoms with van der Waals surface area (Å²) in [5, 5.41) is 0.711. The molecular formula is C25H25ClF3NS. The SMILES string of the molecule is C=C/C(=C\C=C\c1ccc(C2CCC(c3ccccc3Cl)=N2)cc1)SC(F)(F)F.CC. The minimum Gasteiger partial charge on any atom is -0.281 e. The fourth-order valence-corrected chi connectivity index (χ4v) is 3.83. The summed E-state index contributed by atoms with van der Waals surface area (Å²) in [6, 6.07) is 15.7. The number of halogens is 4. The first-order valence-corrected chi connectivity index (χ1v) is 11.2. The van der Waals surface area contributed by atoms with Gasteiger partial charge in [-0.2, -0.15) is 13.2 Å². The van der Waals surface area contributed by atoms with E-state index in [0.29, 0.717) is 5.02 Å². The zero-order chi connectivity index (χ0) is 22.9. The van der Waals surface area contributed by atoms with Crippen LogP contribution in [0.3, 0.4) is 0 Å². The molecular weight excluding hydrogens is 439 g/mol. The van der Waals surface area contributed by atoms with Crippen LogP contribution in [0.15, 0.2) is 83.2 Å². The second-order valence-corrected chi connectivity index (χ2v) is 8.00. The first-order valence-electron chi connectivity index (χ1n) is 10.0. The van der Waals surface area contributed by atoms with Crippen molar-refractivity contribution in [2.75, 3.05) is 0 Å². The fraction of sp³-hybridized carbons (Fsp3) is 0.240. The monoisotopic (exact) mass is 463 g/mol. The quantitative estimate of drug-likeness (QED) is 0.389. The Morgan fingerprint density at radius 3 is 2.42 bits per heavy atom. The molecule has 0 bridgehead atoms. The highest BCUT2D eigenvalue weighted by molar-refractivity contribution is 8.04. The van der Waals surface area contributed by atoms with Gasteiger partial charge in [0.2, 0.25) is 0 Å². The summed E-state index contributed by atoms with van der Waals surface area (Å²) in [5.41, 5.74) is -0.301. The molecule has 2 aromatic rings. The highest BCUT2D eigenvalue weighted by Crippen LogP contribution is 2.37. The van der Waals surface area contributed by atoms with Crippen LogP contribution in [0.2, 0.25) is 5.02 Å². The summed E-state index contributed by atoms with van der Waals surface area (Å²) in [5.74, 6) is 0. The van der Waals surface area contributed by atoms with Gasteiger partial charge in [0.25, 0.3) is 0 Å². The smallest absolute Gasteiger partial charge is 0.281 e. The maximum absolute atomic E-state index is 12.4. The van der Waals surface area contributed by atoms with Crippen molar-refractivity contribution in [3.63, 3.8) is 0 Å². The summed E-state index contributed by atoms with van der Waals surface area (Å²) in [6.07, 6.45) is 7.75. The van der Waals surface area contributed by atoms with E-state index in [-0.39, 0.29) is 22.7 Å². The standard InChI is InChI=1S/C23H19ClF3NS.C2H6/c1-2-18(29-23(25,26)27)7-5-6-16-10-12-17(13-11-16)21-14-15-22(28-21)19-8-3-4-9-20(19)24;1-2/h2-13,21H,1,14-15H2;1-2H3/b6-5+,18-7+;. The average molecular weight is 464 g/mol. The molecule has 1 aliphatic heterocycles. The van der Waals surface area contributed by atoms with E-state index in [1.54, 1.807) is 12.2 Å². The van der Waals surface area contributed by atoms with Crippen LogP contribution < -0.4 is 0 Å². The Kier molecular flexibility index (Phi) is 9.66. The number of thioether (sulfide) groups is 1. The number of aliphatic imine (C=N–C) groups is 1. The van der Waals surface area contributed by atoms with Crippen molar-refractivity contribution in [1.29, 1.82) is 0 Å².